The monoisotopic (exact) mass is 325 g/mol. The van der Waals surface area contributed by atoms with Crippen LogP contribution in [0.15, 0.2) is 42.5 Å². The Morgan fingerprint density at radius 1 is 1.08 bits per heavy atom. The molecule has 1 fully saturated rings. The molecule has 4 nitrogen and oxygen atoms in total. The van der Waals surface area contributed by atoms with Gasteiger partial charge in [-0.3, -0.25) is 4.79 Å². The van der Waals surface area contributed by atoms with Crippen LogP contribution >= 0.6 is 0 Å². The first-order valence-corrected chi connectivity index (χ1v) is 8.35. The zero-order valence-electron chi connectivity index (χ0n) is 14.2. The van der Waals surface area contributed by atoms with Gasteiger partial charge in [0.25, 0.3) is 0 Å². The Kier molecular flexibility index (Phi) is 5.04. The van der Waals surface area contributed by atoms with E-state index in [9.17, 15) is 4.79 Å². The number of hydrogen-bond donors (Lipinski definition) is 1. The van der Waals surface area contributed by atoms with Crippen LogP contribution in [-0.2, 0) is 4.79 Å². The second kappa shape index (κ2) is 7.39. The number of benzene rings is 2. The highest BCUT2D eigenvalue weighted by Crippen LogP contribution is 2.30. The molecule has 2 aromatic carbocycles. The van der Waals surface area contributed by atoms with Gasteiger partial charge in [0.15, 0.2) is 0 Å². The normalized spacial score (nSPS) is 13.4. The Balaban J connectivity index is 1.47. The number of carbonyl (C=O) groups excluding carboxylic acids is 1. The molecule has 1 saturated carbocycles. The van der Waals surface area contributed by atoms with Crippen molar-refractivity contribution < 1.29 is 14.3 Å². The number of hydrogen-bond acceptors (Lipinski definition) is 3. The summed E-state index contributed by atoms with van der Waals surface area (Å²) in [6, 6.07) is 13.6. The van der Waals surface area contributed by atoms with Gasteiger partial charge in [-0.1, -0.05) is 18.2 Å². The zero-order chi connectivity index (χ0) is 16.9. The minimum absolute atomic E-state index is 0.102. The van der Waals surface area contributed by atoms with E-state index in [0.717, 1.165) is 35.6 Å². The van der Waals surface area contributed by atoms with Crippen molar-refractivity contribution >= 4 is 11.6 Å². The van der Waals surface area contributed by atoms with Gasteiger partial charge in [-0.05, 0) is 56.0 Å². The molecule has 4 heteroatoms. The molecule has 0 atom stereocenters. The van der Waals surface area contributed by atoms with E-state index in [-0.39, 0.29) is 11.8 Å². The maximum Gasteiger partial charge on any atom is 0.227 e. The largest absolute Gasteiger partial charge is 0.490 e. The van der Waals surface area contributed by atoms with Crippen LogP contribution in [0.2, 0.25) is 0 Å². The Hall–Kier alpha value is -2.49. The minimum atomic E-state index is 0.102. The lowest BCUT2D eigenvalue weighted by Gasteiger charge is -2.12. The lowest BCUT2D eigenvalue weighted by molar-refractivity contribution is -0.117. The van der Waals surface area contributed by atoms with Gasteiger partial charge < -0.3 is 14.8 Å². The summed E-state index contributed by atoms with van der Waals surface area (Å²) in [6.45, 7) is 5.00. The van der Waals surface area contributed by atoms with Gasteiger partial charge in [-0.25, -0.2) is 0 Å². The lowest BCUT2D eigenvalue weighted by atomic mass is 10.1. The van der Waals surface area contributed by atoms with Gasteiger partial charge in [0, 0.05) is 17.7 Å². The summed E-state index contributed by atoms with van der Waals surface area (Å²) >= 11 is 0. The van der Waals surface area contributed by atoms with E-state index in [1.165, 1.54) is 5.56 Å². The summed E-state index contributed by atoms with van der Waals surface area (Å²) in [6.07, 6.45) is 2.00. The maximum atomic E-state index is 11.8. The zero-order valence-corrected chi connectivity index (χ0v) is 14.2. The van der Waals surface area contributed by atoms with E-state index in [1.807, 2.05) is 44.2 Å². The molecule has 1 aliphatic rings. The summed E-state index contributed by atoms with van der Waals surface area (Å²) < 4.78 is 11.5. The number of carbonyl (C=O) groups is 1. The number of ether oxygens (including phenoxy) is 2. The van der Waals surface area contributed by atoms with Gasteiger partial charge in [0.05, 0.1) is 0 Å². The average molecular weight is 325 g/mol. The number of anilines is 1. The number of rotatable bonds is 7. The molecule has 0 saturated heterocycles. The van der Waals surface area contributed by atoms with Crippen molar-refractivity contribution in [1.29, 1.82) is 0 Å². The van der Waals surface area contributed by atoms with Crippen molar-refractivity contribution in [2.75, 3.05) is 18.5 Å². The topological polar surface area (TPSA) is 47.6 Å². The molecule has 126 valence electrons. The molecular formula is C20H23NO3. The van der Waals surface area contributed by atoms with Gasteiger partial charge in [-0.15, -0.1) is 0 Å². The highest BCUT2D eigenvalue weighted by Gasteiger charge is 2.29. The molecule has 0 aliphatic heterocycles. The van der Waals surface area contributed by atoms with Gasteiger partial charge in [0.2, 0.25) is 5.91 Å². The quantitative estimate of drug-likeness (QED) is 0.779. The third-order valence-corrected chi connectivity index (χ3v) is 4.00. The summed E-state index contributed by atoms with van der Waals surface area (Å²) in [5.41, 5.74) is 3.07. The van der Waals surface area contributed by atoms with Crippen molar-refractivity contribution in [3.05, 3.63) is 53.6 Å². The van der Waals surface area contributed by atoms with E-state index in [1.54, 1.807) is 0 Å². The molecule has 1 aliphatic carbocycles. The Morgan fingerprint density at radius 3 is 2.67 bits per heavy atom. The first kappa shape index (κ1) is 16.4. The van der Waals surface area contributed by atoms with E-state index in [4.69, 9.17) is 9.47 Å². The van der Waals surface area contributed by atoms with Crippen LogP contribution in [0.1, 0.15) is 24.0 Å². The van der Waals surface area contributed by atoms with Crippen molar-refractivity contribution in [3.63, 3.8) is 0 Å². The van der Waals surface area contributed by atoms with Crippen molar-refractivity contribution in [3.8, 4) is 11.5 Å². The van der Waals surface area contributed by atoms with E-state index < -0.39 is 0 Å². The molecule has 1 amide bonds. The molecule has 0 bridgehead atoms. The standard InChI is InChI=1S/C20H23NO3/c1-14-6-7-15(2)19(12-14)24-11-10-23-18-5-3-4-17(13-18)21-20(22)16-8-9-16/h3-7,12-13,16H,8-11H2,1-2H3,(H,21,22). The van der Waals surface area contributed by atoms with Crippen LogP contribution in [0.3, 0.4) is 0 Å². The molecular weight excluding hydrogens is 302 g/mol. The van der Waals surface area contributed by atoms with Crippen LogP contribution in [0.25, 0.3) is 0 Å². The second-order valence-corrected chi connectivity index (χ2v) is 6.26. The summed E-state index contributed by atoms with van der Waals surface area (Å²) in [5.74, 6) is 1.92. The fourth-order valence-corrected chi connectivity index (χ4v) is 2.43. The highest BCUT2D eigenvalue weighted by atomic mass is 16.5. The minimum Gasteiger partial charge on any atom is -0.490 e. The molecule has 0 radical (unpaired) electrons. The fourth-order valence-electron chi connectivity index (χ4n) is 2.43. The summed E-state index contributed by atoms with van der Waals surface area (Å²) in [7, 11) is 0. The van der Waals surface area contributed by atoms with Crippen LogP contribution in [0.4, 0.5) is 5.69 Å². The summed E-state index contributed by atoms with van der Waals surface area (Å²) in [5, 5.41) is 2.92. The van der Waals surface area contributed by atoms with Gasteiger partial charge in [-0.2, -0.15) is 0 Å². The Labute approximate surface area is 142 Å². The second-order valence-electron chi connectivity index (χ2n) is 6.26. The van der Waals surface area contributed by atoms with E-state index in [2.05, 4.69) is 17.4 Å². The highest BCUT2D eigenvalue weighted by molar-refractivity contribution is 5.94. The molecule has 0 heterocycles. The molecule has 1 N–H and O–H groups in total. The summed E-state index contributed by atoms with van der Waals surface area (Å²) in [4.78, 5) is 11.8. The Bertz CT molecular complexity index is 723. The van der Waals surface area contributed by atoms with Crippen LogP contribution < -0.4 is 14.8 Å². The van der Waals surface area contributed by atoms with Gasteiger partial charge >= 0.3 is 0 Å². The Morgan fingerprint density at radius 2 is 1.88 bits per heavy atom. The van der Waals surface area contributed by atoms with Crippen molar-refractivity contribution in [2.45, 2.75) is 26.7 Å². The molecule has 0 aromatic heterocycles. The van der Waals surface area contributed by atoms with E-state index >= 15 is 0 Å². The van der Waals surface area contributed by atoms with Crippen LogP contribution in [0, 0.1) is 19.8 Å². The number of aryl methyl sites for hydroxylation is 2. The first-order valence-electron chi connectivity index (χ1n) is 8.35. The van der Waals surface area contributed by atoms with Gasteiger partial charge in [0.1, 0.15) is 24.7 Å². The number of nitrogens with one attached hydrogen (secondary N) is 1. The molecule has 0 unspecified atom stereocenters. The number of amides is 1. The van der Waals surface area contributed by atoms with Crippen molar-refractivity contribution in [2.24, 2.45) is 5.92 Å². The molecule has 3 rings (SSSR count). The fraction of sp³-hybridized carbons (Fsp3) is 0.350. The maximum absolute atomic E-state index is 11.8. The lowest BCUT2D eigenvalue weighted by Crippen LogP contribution is -2.13. The third kappa shape index (κ3) is 4.51. The average Bonchev–Trinajstić information content (AvgIpc) is 3.40. The first-order chi connectivity index (χ1) is 11.6. The van der Waals surface area contributed by atoms with Crippen LogP contribution in [0.5, 0.6) is 11.5 Å². The third-order valence-electron chi connectivity index (χ3n) is 4.00. The predicted molar refractivity (Wildman–Crippen MR) is 94.7 cm³/mol. The molecule has 2 aromatic rings. The SMILES string of the molecule is Cc1ccc(C)c(OCCOc2cccc(NC(=O)C3CC3)c2)c1. The smallest absolute Gasteiger partial charge is 0.227 e. The molecule has 24 heavy (non-hydrogen) atoms. The van der Waals surface area contributed by atoms with E-state index in [0.29, 0.717) is 13.2 Å². The van der Waals surface area contributed by atoms with Crippen LogP contribution in [-0.4, -0.2) is 19.1 Å². The predicted octanol–water partition coefficient (Wildman–Crippen LogP) is 4.11. The van der Waals surface area contributed by atoms with Crippen molar-refractivity contribution in [1.82, 2.24) is 0 Å². The molecule has 0 spiro atoms.